The van der Waals surface area contributed by atoms with Crippen LogP contribution < -0.4 is 10.6 Å². The lowest BCUT2D eigenvalue weighted by atomic mass is 10.00. The summed E-state index contributed by atoms with van der Waals surface area (Å²) in [6, 6.07) is 22.6. The summed E-state index contributed by atoms with van der Waals surface area (Å²) in [4.78, 5) is 27.7. The van der Waals surface area contributed by atoms with Crippen LogP contribution in [0.1, 0.15) is 40.7 Å². The van der Waals surface area contributed by atoms with Gasteiger partial charge >= 0.3 is 0 Å². The van der Waals surface area contributed by atoms with Gasteiger partial charge in [-0.05, 0) is 61.2 Å². The smallest absolute Gasteiger partial charge is 0.258 e. The van der Waals surface area contributed by atoms with Gasteiger partial charge in [-0.15, -0.1) is 0 Å². The second-order valence-corrected chi connectivity index (χ2v) is 8.75. The van der Waals surface area contributed by atoms with E-state index in [0.29, 0.717) is 27.5 Å². The van der Waals surface area contributed by atoms with Gasteiger partial charge in [0.05, 0.1) is 17.0 Å². The average Bonchev–Trinajstić information content (AvgIpc) is 3.18. The number of anilines is 2. The minimum Gasteiger partial charge on any atom is -0.354 e. The molecule has 5 nitrogen and oxygen atoms in total. The largest absolute Gasteiger partial charge is 0.354 e. The first kappa shape index (κ1) is 21.3. The molecule has 0 saturated carbocycles. The first-order valence-corrected chi connectivity index (χ1v) is 11.6. The van der Waals surface area contributed by atoms with Crippen molar-refractivity contribution >= 4 is 46.1 Å². The van der Waals surface area contributed by atoms with Gasteiger partial charge in [-0.3, -0.25) is 9.59 Å². The van der Waals surface area contributed by atoms with E-state index in [1.807, 2.05) is 65.6 Å². The fourth-order valence-electron chi connectivity index (χ4n) is 4.40. The molecule has 2 aliphatic rings. The molecule has 2 N–H and O–H groups in total. The lowest BCUT2D eigenvalue weighted by Gasteiger charge is -2.26. The van der Waals surface area contributed by atoms with Crippen molar-refractivity contribution in [1.29, 1.82) is 0 Å². The summed E-state index contributed by atoms with van der Waals surface area (Å²) in [7, 11) is 0. The Morgan fingerprint density at radius 1 is 0.879 bits per heavy atom. The summed E-state index contributed by atoms with van der Waals surface area (Å²) in [6.45, 7) is 1.64. The fourth-order valence-corrected chi connectivity index (χ4v) is 4.57. The summed E-state index contributed by atoms with van der Waals surface area (Å²) in [5.74, 6) is -0.112. The lowest BCUT2D eigenvalue weighted by Crippen LogP contribution is -2.35. The van der Waals surface area contributed by atoms with Crippen molar-refractivity contribution in [1.82, 2.24) is 4.90 Å². The van der Waals surface area contributed by atoms with Crippen LogP contribution in [0.5, 0.6) is 0 Å². The Hall–Kier alpha value is -3.57. The van der Waals surface area contributed by atoms with Crippen LogP contribution in [-0.2, 0) is 4.79 Å². The summed E-state index contributed by atoms with van der Waals surface area (Å²) in [6.07, 6.45) is 3.31. The van der Waals surface area contributed by atoms with E-state index in [1.54, 1.807) is 12.1 Å². The molecule has 0 radical (unpaired) electrons. The zero-order valence-electron chi connectivity index (χ0n) is 18.1. The Morgan fingerprint density at radius 3 is 2.33 bits per heavy atom. The van der Waals surface area contributed by atoms with Crippen LogP contribution in [-0.4, -0.2) is 29.8 Å². The van der Waals surface area contributed by atoms with Crippen molar-refractivity contribution in [2.45, 2.75) is 19.3 Å². The third kappa shape index (κ3) is 4.37. The Kier molecular flexibility index (Phi) is 5.88. The van der Waals surface area contributed by atoms with Crippen LogP contribution in [0.4, 0.5) is 11.4 Å². The molecule has 33 heavy (non-hydrogen) atoms. The van der Waals surface area contributed by atoms with E-state index in [-0.39, 0.29) is 11.8 Å². The molecule has 1 saturated heterocycles. The van der Waals surface area contributed by atoms with Crippen molar-refractivity contribution in [3.63, 3.8) is 0 Å². The Balaban J connectivity index is 1.49. The molecule has 0 atom stereocenters. The normalized spacial score (nSPS) is 16.8. The standard InChI is InChI=1S/C27H24ClN3O2/c28-20-11-14-22-23(17-20)30-26(32)24(22)25(18-7-3-1-4-8-18)29-21-12-9-19(10-13-21)27(33)31-15-5-2-6-16-31/h1,3-4,7-14,17,29H,2,5-6,15-16H2,(H,30,32). The van der Waals surface area contributed by atoms with E-state index >= 15 is 0 Å². The van der Waals surface area contributed by atoms with E-state index in [4.69, 9.17) is 11.6 Å². The molecule has 0 bridgehead atoms. The van der Waals surface area contributed by atoms with Crippen molar-refractivity contribution < 1.29 is 9.59 Å². The second kappa shape index (κ2) is 9.12. The maximum absolute atomic E-state index is 13.0. The molecule has 0 aliphatic carbocycles. The highest BCUT2D eigenvalue weighted by Gasteiger charge is 2.28. The van der Waals surface area contributed by atoms with Gasteiger partial charge in [-0.25, -0.2) is 0 Å². The SMILES string of the molecule is O=C1Nc2cc(Cl)ccc2C1=C(Nc1ccc(C(=O)N2CCCCC2)cc1)c1ccccc1. The Bertz CT molecular complexity index is 1230. The number of nitrogens with zero attached hydrogens (tertiary/aromatic N) is 1. The quantitative estimate of drug-likeness (QED) is 0.479. The van der Waals surface area contributed by atoms with Crippen LogP contribution in [0.3, 0.4) is 0 Å². The van der Waals surface area contributed by atoms with E-state index in [9.17, 15) is 9.59 Å². The maximum Gasteiger partial charge on any atom is 0.258 e. The Morgan fingerprint density at radius 2 is 1.61 bits per heavy atom. The van der Waals surface area contributed by atoms with Gasteiger partial charge in [0.2, 0.25) is 0 Å². The lowest BCUT2D eigenvalue weighted by molar-refractivity contribution is -0.110. The van der Waals surface area contributed by atoms with E-state index < -0.39 is 0 Å². The zero-order chi connectivity index (χ0) is 22.8. The number of piperidine rings is 1. The van der Waals surface area contributed by atoms with Gasteiger partial charge in [-0.1, -0.05) is 48.0 Å². The van der Waals surface area contributed by atoms with Crippen LogP contribution in [0.2, 0.25) is 5.02 Å². The summed E-state index contributed by atoms with van der Waals surface area (Å²) >= 11 is 6.13. The summed E-state index contributed by atoms with van der Waals surface area (Å²) in [5.41, 5.74) is 5.11. The van der Waals surface area contributed by atoms with Crippen LogP contribution in [0, 0.1) is 0 Å². The fraction of sp³-hybridized carbons (Fsp3) is 0.185. The molecule has 5 rings (SSSR count). The van der Waals surface area contributed by atoms with Crippen molar-refractivity contribution in [2.24, 2.45) is 0 Å². The monoisotopic (exact) mass is 457 g/mol. The molecule has 3 aromatic carbocycles. The predicted octanol–water partition coefficient (Wildman–Crippen LogP) is 5.90. The van der Waals surface area contributed by atoms with Gasteiger partial charge in [-0.2, -0.15) is 0 Å². The van der Waals surface area contributed by atoms with Crippen molar-refractivity contribution in [3.8, 4) is 0 Å². The molecule has 6 heteroatoms. The second-order valence-electron chi connectivity index (χ2n) is 8.32. The number of hydrogen-bond acceptors (Lipinski definition) is 3. The van der Waals surface area contributed by atoms with E-state index in [2.05, 4.69) is 10.6 Å². The molecule has 0 unspecified atom stereocenters. The number of amides is 2. The molecule has 166 valence electrons. The molecule has 2 amide bonds. The number of nitrogens with one attached hydrogen (secondary N) is 2. The highest BCUT2D eigenvalue weighted by Crippen LogP contribution is 2.38. The van der Waals surface area contributed by atoms with Gasteiger partial charge in [0, 0.05) is 34.9 Å². The number of hydrogen-bond donors (Lipinski definition) is 2. The average molecular weight is 458 g/mol. The third-order valence-corrected chi connectivity index (χ3v) is 6.32. The molecule has 0 spiro atoms. The van der Waals surface area contributed by atoms with Crippen LogP contribution >= 0.6 is 11.6 Å². The minimum absolute atomic E-state index is 0.0730. The molecular formula is C27H24ClN3O2. The van der Waals surface area contributed by atoms with E-state index in [1.165, 1.54) is 6.42 Å². The molecular weight excluding hydrogens is 434 g/mol. The molecule has 2 aliphatic heterocycles. The number of halogens is 1. The number of rotatable bonds is 4. The third-order valence-electron chi connectivity index (χ3n) is 6.08. The molecule has 2 heterocycles. The first-order chi connectivity index (χ1) is 16.1. The number of fused-ring (bicyclic) bond motifs is 1. The van der Waals surface area contributed by atoms with Gasteiger partial charge < -0.3 is 15.5 Å². The molecule has 0 aromatic heterocycles. The summed E-state index contributed by atoms with van der Waals surface area (Å²) in [5, 5.41) is 6.91. The first-order valence-electron chi connectivity index (χ1n) is 11.2. The minimum atomic E-state index is -0.185. The zero-order valence-corrected chi connectivity index (χ0v) is 18.9. The Labute approximate surface area is 198 Å². The highest BCUT2D eigenvalue weighted by atomic mass is 35.5. The molecule has 1 fully saturated rings. The number of carbonyl (C=O) groups excluding carboxylic acids is 2. The van der Waals surface area contributed by atoms with Crippen LogP contribution in [0.15, 0.2) is 72.8 Å². The van der Waals surface area contributed by atoms with E-state index in [0.717, 1.165) is 42.7 Å². The predicted molar refractivity (Wildman–Crippen MR) is 133 cm³/mol. The van der Waals surface area contributed by atoms with Gasteiger partial charge in [0.1, 0.15) is 0 Å². The van der Waals surface area contributed by atoms with Gasteiger partial charge in [0.15, 0.2) is 0 Å². The maximum atomic E-state index is 13.0. The number of benzene rings is 3. The highest BCUT2D eigenvalue weighted by molar-refractivity contribution is 6.38. The number of carbonyl (C=O) groups is 2. The van der Waals surface area contributed by atoms with Gasteiger partial charge in [0.25, 0.3) is 11.8 Å². The summed E-state index contributed by atoms with van der Waals surface area (Å²) < 4.78 is 0. The van der Waals surface area contributed by atoms with Crippen LogP contribution in [0.25, 0.3) is 11.3 Å². The molecule has 3 aromatic rings. The van der Waals surface area contributed by atoms with Crippen molar-refractivity contribution in [3.05, 3.63) is 94.5 Å². The number of likely N-dealkylation sites (tertiary alicyclic amines) is 1. The topological polar surface area (TPSA) is 61.4 Å². The van der Waals surface area contributed by atoms with Crippen molar-refractivity contribution in [2.75, 3.05) is 23.7 Å².